The lowest BCUT2D eigenvalue weighted by molar-refractivity contribution is 0.584. The van der Waals surface area contributed by atoms with Gasteiger partial charge in [-0.25, -0.2) is 19.9 Å². The number of rotatable bonds is 2. The highest BCUT2D eigenvalue weighted by Gasteiger charge is 2.12. The molecule has 0 aliphatic carbocycles. The molecule has 0 amide bonds. The second-order valence-corrected chi connectivity index (χ2v) is 4.13. The van der Waals surface area contributed by atoms with Crippen LogP contribution in [0.25, 0.3) is 11.3 Å². The van der Waals surface area contributed by atoms with Crippen LogP contribution in [0.15, 0.2) is 31.1 Å². The smallest absolute Gasteiger partial charge is 0.132 e. The summed E-state index contributed by atoms with van der Waals surface area (Å²) in [5.41, 5.74) is 1.77. The lowest BCUT2D eigenvalue weighted by atomic mass is 10.2. The van der Waals surface area contributed by atoms with Gasteiger partial charge in [0.2, 0.25) is 0 Å². The van der Waals surface area contributed by atoms with E-state index in [0.29, 0.717) is 0 Å². The molecule has 0 unspecified atom stereocenters. The van der Waals surface area contributed by atoms with Crippen LogP contribution in [0.3, 0.4) is 0 Å². The van der Waals surface area contributed by atoms with E-state index in [1.807, 2.05) is 6.07 Å². The molecule has 6 heteroatoms. The first-order chi connectivity index (χ1) is 8.93. The predicted molar refractivity (Wildman–Crippen MR) is 68.1 cm³/mol. The molecule has 2 aromatic rings. The largest absolute Gasteiger partial charge is 0.354 e. The SMILES string of the molecule is c1ncc(-c2cc(N3CCNCC3)ncn2)cn1. The summed E-state index contributed by atoms with van der Waals surface area (Å²) in [7, 11) is 0. The Kier molecular flexibility index (Phi) is 3.10. The maximum atomic E-state index is 4.33. The summed E-state index contributed by atoms with van der Waals surface area (Å²) in [5.74, 6) is 0.963. The van der Waals surface area contributed by atoms with E-state index in [1.165, 1.54) is 6.33 Å². The molecule has 1 saturated heterocycles. The fourth-order valence-corrected chi connectivity index (χ4v) is 2.00. The quantitative estimate of drug-likeness (QED) is 0.819. The lowest BCUT2D eigenvalue weighted by Crippen LogP contribution is -2.43. The van der Waals surface area contributed by atoms with Crippen LogP contribution in [0.5, 0.6) is 0 Å². The van der Waals surface area contributed by atoms with E-state index < -0.39 is 0 Å². The van der Waals surface area contributed by atoms with Gasteiger partial charge in [-0.1, -0.05) is 0 Å². The molecule has 6 nitrogen and oxygen atoms in total. The van der Waals surface area contributed by atoms with Crippen LogP contribution >= 0.6 is 0 Å². The van der Waals surface area contributed by atoms with Crippen LogP contribution < -0.4 is 10.2 Å². The second kappa shape index (κ2) is 5.05. The Morgan fingerprint density at radius 3 is 2.56 bits per heavy atom. The van der Waals surface area contributed by atoms with Crippen LogP contribution in [0.1, 0.15) is 0 Å². The molecule has 1 N–H and O–H groups in total. The maximum absolute atomic E-state index is 4.33. The van der Waals surface area contributed by atoms with Gasteiger partial charge in [-0.3, -0.25) is 0 Å². The molecule has 92 valence electrons. The maximum Gasteiger partial charge on any atom is 0.132 e. The molecule has 2 aromatic heterocycles. The normalized spacial score (nSPS) is 15.7. The van der Waals surface area contributed by atoms with Crippen LogP contribution in [0.2, 0.25) is 0 Å². The summed E-state index contributed by atoms with van der Waals surface area (Å²) in [4.78, 5) is 18.9. The molecule has 0 saturated carbocycles. The number of hydrogen-bond donors (Lipinski definition) is 1. The van der Waals surface area contributed by atoms with Gasteiger partial charge in [-0.15, -0.1) is 0 Å². The van der Waals surface area contributed by atoms with Gasteiger partial charge < -0.3 is 10.2 Å². The fourth-order valence-electron chi connectivity index (χ4n) is 2.00. The summed E-state index contributed by atoms with van der Waals surface area (Å²) in [6.45, 7) is 3.94. The third kappa shape index (κ3) is 2.28. The zero-order valence-electron chi connectivity index (χ0n) is 9.95. The molecule has 1 aliphatic rings. The van der Waals surface area contributed by atoms with E-state index in [-0.39, 0.29) is 0 Å². The molecular weight excluding hydrogens is 228 g/mol. The van der Waals surface area contributed by atoms with Gasteiger partial charge in [0.05, 0.1) is 5.69 Å². The van der Waals surface area contributed by atoms with E-state index in [1.54, 1.807) is 18.7 Å². The average molecular weight is 242 g/mol. The topological polar surface area (TPSA) is 66.8 Å². The van der Waals surface area contributed by atoms with Gasteiger partial charge >= 0.3 is 0 Å². The second-order valence-electron chi connectivity index (χ2n) is 4.13. The molecule has 0 aromatic carbocycles. The zero-order valence-corrected chi connectivity index (χ0v) is 9.95. The minimum Gasteiger partial charge on any atom is -0.354 e. The van der Waals surface area contributed by atoms with Crippen molar-refractivity contribution >= 4 is 5.82 Å². The molecule has 1 fully saturated rings. The van der Waals surface area contributed by atoms with Crippen molar-refractivity contribution in [2.75, 3.05) is 31.1 Å². The van der Waals surface area contributed by atoms with Crippen LogP contribution in [0, 0.1) is 0 Å². The van der Waals surface area contributed by atoms with Crippen molar-refractivity contribution < 1.29 is 0 Å². The zero-order chi connectivity index (χ0) is 12.2. The number of nitrogens with one attached hydrogen (secondary N) is 1. The van der Waals surface area contributed by atoms with Gasteiger partial charge in [-0.05, 0) is 0 Å². The Labute approximate surface area is 105 Å². The van der Waals surface area contributed by atoms with E-state index in [9.17, 15) is 0 Å². The van der Waals surface area contributed by atoms with E-state index in [2.05, 4.69) is 30.2 Å². The number of piperazine rings is 1. The monoisotopic (exact) mass is 242 g/mol. The predicted octanol–water partition coefficient (Wildman–Crippen LogP) is 0.343. The highest BCUT2D eigenvalue weighted by atomic mass is 15.2. The Hall–Kier alpha value is -2.08. The molecular formula is C12H14N6. The van der Waals surface area contributed by atoms with Crippen LogP contribution in [0.4, 0.5) is 5.82 Å². The van der Waals surface area contributed by atoms with E-state index >= 15 is 0 Å². The van der Waals surface area contributed by atoms with Crippen molar-refractivity contribution in [3.05, 3.63) is 31.1 Å². The van der Waals surface area contributed by atoms with Gasteiger partial charge in [0.15, 0.2) is 0 Å². The Morgan fingerprint density at radius 2 is 1.78 bits per heavy atom. The molecule has 3 heterocycles. The third-order valence-corrected chi connectivity index (χ3v) is 2.95. The average Bonchev–Trinajstić information content (AvgIpc) is 2.49. The van der Waals surface area contributed by atoms with Crippen molar-refractivity contribution in [1.82, 2.24) is 25.3 Å². The highest BCUT2D eigenvalue weighted by Crippen LogP contribution is 2.19. The lowest BCUT2D eigenvalue weighted by Gasteiger charge is -2.28. The first-order valence-electron chi connectivity index (χ1n) is 5.96. The summed E-state index contributed by atoms with van der Waals surface area (Å²) in [5, 5.41) is 3.33. The van der Waals surface area contributed by atoms with Gasteiger partial charge in [0.1, 0.15) is 18.5 Å². The van der Waals surface area contributed by atoms with Crippen LogP contribution in [-0.4, -0.2) is 46.1 Å². The first-order valence-corrected chi connectivity index (χ1v) is 5.96. The molecule has 0 bridgehead atoms. The summed E-state index contributed by atoms with van der Waals surface area (Å²) in [6.07, 6.45) is 6.63. The molecule has 1 aliphatic heterocycles. The van der Waals surface area contributed by atoms with Gasteiger partial charge in [0.25, 0.3) is 0 Å². The Morgan fingerprint density at radius 1 is 1.00 bits per heavy atom. The van der Waals surface area contributed by atoms with Gasteiger partial charge in [0, 0.05) is 50.2 Å². The number of hydrogen-bond acceptors (Lipinski definition) is 6. The molecule has 0 spiro atoms. The minimum atomic E-state index is 0.860. The van der Waals surface area contributed by atoms with Gasteiger partial charge in [-0.2, -0.15) is 0 Å². The Bertz CT molecular complexity index is 509. The molecule has 0 atom stereocenters. The fraction of sp³-hybridized carbons (Fsp3) is 0.333. The number of nitrogens with zero attached hydrogens (tertiary/aromatic N) is 5. The van der Waals surface area contributed by atoms with E-state index in [0.717, 1.165) is 43.3 Å². The highest BCUT2D eigenvalue weighted by molar-refractivity contribution is 5.60. The summed E-state index contributed by atoms with van der Waals surface area (Å²) in [6, 6.07) is 1.99. The standard InChI is InChI=1S/C12H14N6/c1-3-18(4-2-13-1)12-5-11(16-9-17-12)10-6-14-8-15-7-10/h5-9,13H,1-4H2. The van der Waals surface area contributed by atoms with Crippen LogP contribution in [-0.2, 0) is 0 Å². The minimum absolute atomic E-state index is 0.860. The van der Waals surface area contributed by atoms with Crippen molar-refractivity contribution in [2.24, 2.45) is 0 Å². The number of anilines is 1. The summed E-state index contributed by atoms with van der Waals surface area (Å²) >= 11 is 0. The van der Waals surface area contributed by atoms with Crippen molar-refractivity contribution in [3.63, 3.8) is 0 Å². The molecule has 18 heavy (non-hydrogen) atoms. The Balaban J connectivity index is 1.89. The van der Waals surface area contributed by atoms with Crippen molar-refractivity contribution in [2.45, 2.75) is 0 Å². The molecule has 3 rings (SSSR count). The first kappa shape index (κ1) is 11.0. The summed E-state index contributed by atoms with van der Waals surface area (Å²) < 4.78 is 0. The van der Waals surface area contributed by atoms with Crippen molar-refractivity contribution in [1.29, 1.82) is 0 Å². The van der Waals surface area contributed by atoms with E-state index in [4.69, 9.17) is 0 Å². The molecule has 0 radical (unpaired) electrons. The van der Waals surface area contributed by atoms with Crippen molar-refractivity contribution in [3.8, 4) is 11.3 Å². The number of aromatic nitrogens is 4. The third-order valence-electron chi connectivity index (χ3n) is 2.95.